The molecule has 1 aliphatic rings. The third kappa shape index (κ3) is 4.42. The lowest BCUT2D eigenvalue weighted by Crippen LogP contribution is -2.22. The van der Waals surface area contributed by atoms with Gasteiger partial charge in [-0.2, -0.15) is 18.4 Å². The van der Waals surface area contributed by atoms with E-state index in [9.17, 15) is 13.2 Å². The molecule has 0 atom stereocenters. The van der Waals surface area contributed by atoms with Gasteiger partial charge in [-0.15, -0.1) is 0 Å². The highest BCUT2D eigenvalue weighted by molar-refractivity contribution is 7.89. The minimum absolute atomic E-state index is 0.0723. The number of sulfonamides is 1. The van der Waals surface area contributed by atoms with Gasteiger partial charge in [0.05, 0.1) is 10.6 Å². The Labute approximate surface area is 191 Å². The molecule has 0 saturated carbocycles. The molecule has 1 N–H and O–H groups in total. The van der Waals surface area contributed by atoms with Crippen LogP contribution in [0.3, 0.4) is 0 Å². The third-order valence-corrected chi connectivity index (χ3v) is 6.85. The van der Waals surface area contributed by atoms with Crippen molar-refractivity contribution in [3.63, 3.8) is 0 Å². The zero-order valence-corrected chi connectivity index (χ0v) is 19.1. The number of carbonyl (C=O) groups is 1. The maximum absolute atomic E-state index is 12.8. The van der Waals surface area contributed by atoms with Crippen LogP contribution in [0, 0.1) is 13.8 Å². The number of hydrogen-bond acceptors (Lipinski definition) is 6. The van der Waals surface area contributed by atoms with Crippen LogP contribution in [0.15, 0.2) is 62.9 Å². The summed E-state index contributed by atoms with van der Waals surface area (Å²) in [5.41, 5.74) is 2.51. The maximum Gasteiger partial charge on any atom is 0.379 e. The molecule has 2 aromatic carbocycles. The normalized spacial score (nSPS) is 14.8. The Morgan fingerprint density at radius 2 is 1.88 bits per heavy atom. The van der Waals surface area contributed by atoms with Gasteiger partial charge in [0.25, 0.3) is 10.0 Å². The number of benzene rings is 2. The van der Waals surface area contributed by atoms with Gasteiger partial charge in [0.1, 0.15) is 11.5 Å². The number of esters is 1. The number of hydrogen-bond donors (Lipinski definition) is 1. The molecular weight excluding hydrogens is 452 g/mol. The summed E-state index contributed by atoms with van der Waals surface area (Å²) in [6, 6.07) is 12.9. The molecule has 0 unspecified atom stereocenters. The number of carbonyl (C=O) groups excluding carboxylic acids is 1. The highest BCUT2D eigenvalue weighted by Crippen LogP contribution is 2.31. The summed E-state index contributed by atoms with van der Waals surface area (Å²) in [7, 11) is -3.80. The molecule has 3 aromatic rings. The number of ether oxygens (including phenoxy) is 1. The molecule has 32 heavy (non-hydrogen) atoms. The average Bonchev–Trinajstić information content (AvgIpc) is 3.13. The van der Waals surface area contributed by atoms with E-state index in [4.69, 9.17) is 20.8 Å². The lowest BCUT2D eigenvalue weighted by molar-refractivity contribution is 0.0698. The number of nitrogens with zero attached hydrogens (tertiary/aromatic N) is 1. The van der Waals surface area contributed by atoms with Gasteiger partial charge < -0.3 is 9.15 Å². The van der Waals surface area contributed by atoms with E-state index < -0.39 is 16.0 Å². The molecule has 1 heterocycles. The van der Waals surface area contributed by atoms with Crippen LogP contribution in [0.25, 0.3) is 0 Å². The number of hydrazone groups is 1. The second-order valence-corrected chi connectivity index (χ2v) is 9.54. The fourth-order valence-electron chi connectivity index (χ4n) is 3.58. The van der Waals surface area contributed by atoms with Crippen molar-refractivity contribution >= 4 is 33.3 Å². The van der Waals surface area contributed by atoms with Crippen LogP contribution in [-0.4, -0.2) is 20.1 Å². The van der Waals surface area contributed by atoms with Crippen LogP contribution in [0.2, 0.25) is 5.02 Å². The molecule has 0 bridgehead atoms. The Balaban J connectivity index is 1.60. The van der Waals surface area contributed by atoms with Gasteiger partial charge in [-0.05, 0) is 62.6 Å². The van der Waals surface area contributed by atoms with Crippen molar-refractivity contribution in [3.8, 4) is 5.75 Å². The standard InChI is InChI=1S/C23H21ClN2O5S/c1-14-13-16(11-12-18(14)24)30-23(27)22-15(2)21-19(9-6-10-20(21)31-22)25-26-32(28,29)17-7-4-3-5-8-17/h3-5,7-8,11-13,26H,6,9-10H2,1-2H3/b25-19+. The molecule has 0 amide bonds. The smallest absolute Gasteiger partial charge is 0.379 e. The summed E-state index contributed by atoms with van der Waals surface area (Å²) in [4.78, 5) is 15.2. The van der Waals surface area contributed by atoms with Crippen molar-refractivity contribution in [1.29, 1.82) is 0 Å². The van der Waals surface area contributed by atoms with E-state index in [2.05, 4.69) is 9.93 Å². The van der Waals surface area contributed by atoms with Crippen LogP contribution < -0.4 is 9.57 Å². The number of furan rings is 1. The quantitative estimate of drug-likeness (QED) is 0.327. The number of halogens is 1. The highest BCUT2D eigenvalue weighted by atomic mass is 35.5. The predicted molar refractivity (Wildman–Crippen MR) is 121 cm³/mol. The molecule has 0 aliphatic heterocycles. The van der Waals surface area contributed by atoms with Gasteiger partial charge in [-0.3, -0.25) is 0 Å². The van der Waals surface area contributed by atoms with E-state index in [1.54, 1.807) is 43.3 Å². The van der Waals surface area contributed by atoms with E-state index in [0.717, 1.165) is 12.0 Å². The summed E-state index contributed by atoms with van der Waals surface area (Å²) in [5.74, 6) is 0.381. The van der Waals surface area contributed by atoms with Crippen LogP contribution >= 0.6 is 11.6 Å². The second kappa shape index (κ2) is 8.80. The minimum Gasteiger partial charge on any atom is -0.453 e. The molecule has 0 fully saturated rings. The van der Waals surface area contributed by atoms with Crippen molar-refractivity contribution in [2.75, 3.05) is 0 Å². The zero-order valence-electron chi connectivity index (χ0n) is 17.5. The van der Waals surface area contributed by atoms with Gasteiger partial charge in [-0.25, -0.2) is 4.79 Å². The lowest BCUT2D eigenvalue weighted by Gasteiger charge is -2.14. The summed E-state index contributed by atoms with van der Waals surface area (Å²) in [6.45, 7) is 3.55. The first-order chi connectivity index (χ1) is 15.3. The van der Waals surface area contributed by atoms with Crippen molar-refractivity contribution < 1.29 is 22.4 Å². The fraction of sp³-hybridized carbons (Fsp3) is 0.217. The zero-order chi connectivity index (χ0) is 22.9. The summed E-state index contributed by atoms with van der Waals surface area (Å²) in [5, 5.41) is 4.74. The van der Waals surface area contributed by atoms with Gasteiger partial charge in [0.2, 0.25) is 5.76 Å². The first-order valence-corrected chi connectivity index (χ1v) is 11.9. The van der Waals surface area contributed by atoms with Crippen molar-refractivity contribution in [1.82, 2.24) is 4.83 Å². The molecule has 166 valence electrons. The summed E-state index contributed by atoms with van der Waals surface area (Å²) >= 11 is 6.02. The van der Waals surface area contributed by atoms with E-state index in [-0.39, 0.29) is 10.7 Å². The average molecular weight is 473 g/mol. The fourth-order valence-corrected chi connectivity index (χ4v) is 4.55. The molecule has 1 aromatic heterocycles. The van der Waals surface area contributed by atoms with Gasteiger partial charge in [0.15, 0.2) is 0 Å². The maximum atomic E-state index is 12.8. The van der Waals surface area contributed by atoms with E-state index in [1.807, 2.05) is 6.92 Å². The number of rotatable bonds is 5. The first kappa shape index (κ1) is 22.1. The Kier molecular flexibility index (Phi) is 6.08. The van der Waals surface area contributed by atoms with Gasteiger partial charge in [0, 0.05) is 22.6 Å². The molecule has 4 rings (SSSR count). The van der Waals surface area contributed by atoms with Gasteiger partial charge in [-0.1, -0.05) is 29.8 Å². The molecule has 0 saturated heterocycles. The first-order valence-electron chi connectivity index (χ1n) is 10.0. The molecule has 7 nitrogen and oxygen atoms in total. The van der Waals surface area contributed by atoms with Gasteiger partial charge >= 0.3 is 5.97 Å². The van der Waals surface area contributed by atoms with E-state index in [0.29, 0.717) is 46.2 Å². The Bertz CT molecular complexity index is 1310. The number of fused-ring (bicyclic) bond motifs is 1. The molecule has 1 aliphatic carbocycles. The Morgan fingerprint density at radius 3 is 2.59 bits per heavy atom. The monoisotopic (exact) mass is 472 g/mol. The number of nitrogens with one attached hydrogen (secondary N) is 1. The van der Waals surface area contributed by atoms with Crippen LogP contribution in [0.5, 0.6) is 5.75 Å². The Morgan fingerprint density at radius 1 is 1.12 bits per heavy atom. The van der Waals surface area contributed by atoms with Crippen LogP contribution in [0.4, 0.5) is 0 Å². The topological polar surface area (TPSA) is 98.0 Å². The largest absolute Gasteiger partial charge is 0.453 e. The summed E-state index contributed by atoms with van der Waals surface area (Å²) < 4.78 is 36.3. The predicted octanol–water partition coefficient (Wildman–Crippen LogP) is 4.79. The molecule has 0 spiro atoms. The van der Waals surface area contributed by atoms with Crippen molar-refractivity contribution in [3.05, 3.63) is 81.8 Å². The number of aryl methyl sites for hydroxylation is 2. The molecule has 0 radical (unpaired) electrons. The molecular formula is C23H21ClN2O5S. The third-order valence-electron chi connectivity index (χ3n) is 5.21. The summed E-state index contributed by atoms with van der Waals surface area (Å²) in [6.07, 6.45) is 1.89. The van der Waals surface area contributed by atoms with Crippen LogP contribution in [-0.2, 0) is 16.4 Å². The van der Waals surface area contributed by atoms with Crippen molar-refractivity contribution in [2.45, 2.75) is 38.0 Å². The van der Waals surface area contributed by atoms with Crippen molar-refractivity contribution in [2.24, 2.45) is 5.10 Å². The Hall–Kier alpha value is -3.10. The molecule has 9 heteroatoms. The second-order valence-electron chi connectivity index (χ2n) is 7.47. The van der Waals surface area contributed by atoms with E-state index in [1.165, 1.54) is 12.1 Å². The SMILES string of the molecule is Cc1cc(OC(=O)c2oc3c(c2C)/C(=N/NS(=O)(=O)c2ccccc2)CCC3)ccc1Cl. The minimum atomic E-state index is -3.80. The van der Waals surface area contributed by atoms with Crippen LogP contribution in [0.1, 0.15) is 45.8 Å². The lowest BCUT2D eigenvalue weighted by atomic mass is 9.93. The van der Waals surface area contributed by atoms with E-state index >= 15 is 0 Å². The highest BCUT2D eigenvalue weighted by Gasteiger charge is 2.29.